The number of primary amides is 1. The molecule has 0 saturated carbocycles. The van der Waals surface area contributed by atoms with Crippen LogP contribution >= 0.6 is 22.6 Å². The summed E-state index contributed by atoms with van der Waals surface area (Å²) >= 11 is 2.16. The number of unbranched alkanes of at least 4 members (excludes halogenated alkanes) is 1. The second-order valence-electron chi connectivity index (χ2n) is 16.0. The van der Waals surface area contributed by atoms with E-state index < -0.39 is 68.5 Å². The Balaban J connectivity index is 1.45. The topological polar surface area (TPSA) is 244 Å². The summed E-state index contributed by atoms with van der Waals surface area (Å²) in [4.78, 5) is 66.0. The van der Waals surface area contributed by atoms with E-state index in [0.717, 1.165) is 19.7 Å². The maximum absolute atomic E-state index is 14.7. The number of alkyl carbamates (subject to hydrolysis) is 1. The summed E-state index contributed by atoms with van der Waals surface area (Å²) < 4.78 is 35.0. The van der Waals surface area contributed by atoms with Crippen molar-refractivity contribution >= 4 is 62.2 Å². The summed E-state index contributed by atoms with van der Waals surface area (Å²) in [5.74, 6) is -3.17. The van der Waals surface area contributed by atoms with Crippen molar-refractivity contribution in [3.05, 3.63) is 109 Å². The highest BCUT2D eigenvalue weighted by Gasteiger charge is 2.52. The number of amides is 5. The predicted octanol–water partition coefficient (Wildman–Crippen LogP) is 2.94. The standard InChI is InChI=1S/C42H52IN7O9S/c1-26-11-17-31(18-12-26)60(57,58)33-25-49-21-19-42(45,23-28-8-7-9-30(43)22-28)39(55)50(49)34(33)37(53)48-32(10-5-6-20-46-40(56)59-41(2,3)4)35(51)38(54)47-24-27-13-15-29(16-14-27)36(44)52/h7-9,11-18,22,32,35,51H,5-6,10,19-21,23-25,45H2,1-4H3,(H2,44,52)(H,46,56)(H,47,54)(H,48,53)/t32-,35?,42?/m0/s1. The Morgan fingerprint density at radius 2 is 1.67 bits per heavy atom. The number of nitrogens with zero attached hydrogens (tertiary/aromatic N) is 2. The zero-order chi connectivity index (χ0) is 44.0. The van der Waals surface area contributed by atoms with Gasteiger partial charge in [0.2, 0.25) is 15.7 Å². The number of sulfone groups is 1. The predicted molar refractivity (Wildman–Crippen MR) is 231 cm³/mol. The molecule has 8 N–H and O–H groups in total. The van der Waals surface area contributed by atoms with Gasteiger partial charge in [-0.1, -0.05) is 42.0 Å². The van der Waals surface area contributed by atoms with E-state index in [1.54, 1.807) is 52.0 Å². The van der Waals surface area contributed by atoms with Crippen molar-refractivity contribution in [2.75, 3.05) is 19.6 Å². The average Bonchev–Trinajstić information content (AvgIpc) is 3.59. The third kappa shape index (κ3) is 11.5. The summed E-state index contributed by atoms with van der Waals surface area (Å²) in [5, 5.41) is 22.0. The second kappa shape index (κ2) is 19.2. The summed E-state index contributed by atoms with van der Waals surface area (Å²) in [6.45, 7) is 6.97. The minimum absolute atomic E-state index is 0.00207. The minimum atomic E-state index is -4.38. The fourth-order valence-corrected chi connectivity index (χ4v) is 9.04. The van der Waals surface area contributed by atoms with Gasteiger partial charge in [-0.25, -0.2) is 23.2 Å². The molecule has 5 amide bonds. The number of aliphatic hydroxyl groups excluding tert-OH is 1. The largest absolute Gasteiger partial charge is 0.444 e. The van der Waals surface area contributed by atoms with E-state index in [1.807, 2.05) is 24.3 Å². The molecule has 0 aromatic heterocycles. The van der Waals surface area contributed by atoms with E-state index in [4.69, 9.17) is 16.2 Å². The van der Waals surface area contributed by atoms with Crippen molar-refractivity contribution in [1.82, 2.24) is 26.0 Å². The quantitative estimate of drug-likeness (QED) is 0.0901. The number of ether oxygens (including phenoxy) is 1. The zero-order valence-electron chi connectivity index (χ0n) is 34.0. The Kier molecular flexibility index (Phi) is 14.8. The molecule has 60 heavy (non-hydrogen) atoms. The number of nitrogens with two attached hydrogens (primary N) is 2. The maximum atomic E-state index is 14.7. The van der Waals surface area contributed by atoms with E-state index >= 15 is 0 Å². The van der Waals surface area contributed by atoms with Gasteiger partial charge >= 0.3 is 6.09 Å². The van der Waals surface area contributed by atoms with E-state index in [-0.39, 0.29) is 67.2 Å². The molecule has 0 bridgehead atoms. The molecule has 18 heteroatoms. The van der Waals surface area contributed by atoms with Gasteiger partial charge in [-0.05, 0) is 130 Å². The van der Waals surface area contributed by atoms with Crippen LogP contribution in [0.1, 0.15) is 73.5 Å². The minimum Gasteiger partial charge on any atom is -0.444 e. The molecule has 1 fully saturated rings. The molecule has 5 rings (SSSR count). The van der Waals surface area contributed by atoms with Crippen LogP contribution in [-0.4, -0.2) is 96.2 Å². The van der Waals surface area contributed by atoms with Gasteiger partial charge in [0.25, 0.3) is 17.7 Å². The third-order valence-corrected chi connectivity index (χ3v) is 12.6. The number of nitrogens with one attached hydrogen (secondary N) is 3. The second-order valence-corrected chi connectivity index (χ2v) is 19.3. The SMILES string of the molecule is Cc1ccc(S(=O)(=O)C2=C(C(=O)N[C@@H](CCCCNC(=O)OC(C)(C)C)C(O)C(=O)NCc3ccc(C(N)=O)cc3)N3C(=O)C(N)(Cc4cccc(I)c4)CCN3C2)cc1. The van der Waals surface area contributed by atoms with Crippen molar-refractivity contribution in [1.29, 1.82) is 0 Å². The lowest BCUT2D eigenvalue weighted by Gasteiger charge is -2.43. The fraction of sp³-hybridized carbons (Fsp3) is 0.405. The molecule has 0 spiro atoms. The Hall–Kier alpha value is -4.89. The molecule has 3 aromatic carbocycles. The van der Waals surface area contributed by atoms with Crippen molar-refractivity contribution in [3.8, 4) is 0 Å². The van der Waals surface area contributed by atoms with Gasteiger partial charge in [0.05, 0.1) is 22.4 Å². The fourth-order valence-electron chi connectivity index (χ4n) is 6.90. The van der Waals surface area contributed by atoms with Crippen LogP contribution in [0.2, 0.25) is 0 Å². The summed E-state index contributed by atoms with van der Waals surface area (Å²) in [6.07, 6.45) is -1.55. The third-order valence-electron chi connectivity index (χ3n) is 10.1. The number of fused-ring (bicyclic) bond motifs is 1. The average molecular weight is 958 g/mol. The first-order valence-corrected chi connectivity index (χ1v) is 22.0. The van der Waals surface area contributed by atoms with Gasteiger partial charge in [0, 0.05) is 28.8 Å². The summed E-state index contributed by atoms with van der Waals surface area (Å²) in [7, 11) is -4.38. The van der Waals surface area contributed by atoms with Crippen LogP contribution in [0.5, 0.6) is 0 Å². The first kappa shape index (κ1) is 46.2. The number of carbonyl (C=O) groups excluding carboxylic acids is 5. The number of carbonyl (C=O) groups is 5. The van der Waals surface area contributed by atoms with Crippen molar-refractivity contribution < 1.29 is 42.2 Å². The molecule has 2 unspecified atom stereocenters. The van der Waals surface area contributed by atoms with Crippen LogP contribution in [-0.2, 0) is 41.9 Å². The van der Waals surface area contributed by atoms with Gasteiger partial charge in [-0.3, -0.25) is 19.2 Å². The lowest BCUT2D eigenvalue weighted by atomic mass is 9.86. The van der Waals surface area contributed by atoms with E-state index in [2.05, 4.69) is 38.5 Å². The van der Waals surface area contributed by atoms with Crippen molar-refractivity contribution in [2.45, 2.75) is 94.5 Å². The molecule has 322 valence electrons. The molecule has 2 heterocycles. The number of hydrogen-bond acceptors (Lipinski definition) is 11. The number of aliphatic hydroxyl groups is 1. The Labute approximate surface area is 363 Å². The Morgan fingerprint density at radius 3 is 2.30 bits per heavy atom. The van der Waals surface area contributed by atoms with Crippen LogP contribution in [0.15, 0.2) is 88.3 Å². The molecule has 2 aliphatic rings. The van der Waals surface area contributed by atoms with Gasteiger partial charge in [0.15, 0.2) is 6.10 Å². The lowest BCUT2D eigenvalue weighted by Crippen LogP contribution is -2.65. The van der Waals surface area contributed by atoms with Crippen LogP contribution in [0.4, 0.5) is 4.79 Å². The highest BCUT2D eigenvalue weighted by Crippen LogP contribution is 2.37. The van der Waals surface area contributed by atoms with Crippen LogP contribution < -0.4 is 27.4 Å². The first-order valence-electron chi connectivity index (χ1n) is 19.5. The summed E-state index contributed by atoms with van der Waals surface area (Å²) in [5.41, 5.74) is 11.9. The van der Waals surface area contributed by atoms with Crippen molar-refractivity contribution in [2.24, 2.45) is 11.5 Å². The van der Waals surface area contributed by atoms with E-state index in [0.29, 0.717) is 12.0 Å². The normalized spacial score (nSPS) is 18.1. The number of aryl methyl sites for hydroxylation is 1. The first-order chi connectivity index (χ1) is 28.2. The van der Waals surface area contributed by atoms with Crippen LogP contribution in [0, 0.1) is 10.5 Å². The molecular weight excluding hydrogens is 905 g/mol. The van der Waals surface area contributed by atoms with E-state index in [1.165, 1.54) is 29.3 Å². The monoisotopic (exact) mass is 957 g/mol. The van der Waals surface area contributed by atoms with Crippen molar-refractivity contribution in [3.63, 3.8) is 0 Å². The molecule has 2 aliphatic heterocycles. The molecule has 3 aromatic rings. The van der Waals surface area contributed by atoms with Gasteiger partial charge < -0.3 is 37.3 Å². The smallest absolute Gasteiger partial charge is 0.407 e. The number of hydrazine groups is 1. The maximum Gasteiger partial charge on any atom is 0.407 e. The van der Waals surface area contributed by atoms with Crippen LogP contribution in [0.3, 0.4) is 0 Å². The molecule has 1 saturated heterocycles. The lowest BCUT2D eigenvalue weighted by molar-refractivity contribution is -0.157. The molecule has 3 atom stereocenters. The van der Waals surface area contributed by atoms with Crippen LogP contribution in [0.25, 0.3) is 0 Å². The molecule has 16 nitrogen and oxygen atoms in total. The highest BCUT2D eigenvalue weighted by atomic mass is 127. The number of rotatable bonds is 16. The van der Waals surface area contributed by atoms with E-state index in [9.17, 15) is 37.5 Å². The molecule has 0 aliphatic carbocycles. The zero-order valence-corrected chi connectivity index (χ0v) is 37.0. The van der Waals surface area contributed by atoms with Gasteiger partial charge in [-0.2, -0.15) is 0 Å². The number of benzene rings is 3. The Bertz CT molecular complexity index is 2250. The summed E-state index contributed by atoms with van der Waals surface area (Å²) in [6, 6.07) is 18.4. The number of halogens is 1. The Morgan fingerprint density at radius 1 is 0.983 bits per heavy atom. The van der Waals surface area contributed by atoms with Gasteiger partial charge in [0.1, 0.15) is 16.8 Å². The van der Waals surface area contributed by atoms with Gasteiger partial charge in [-0.15, -0.1) is 0 Å². The highest BCUT2D eigenvalue weighted by molar-refractivity contribution is 14.1. The molecule has 0 radical (unpaired) electrons. The number of hydrogen-bond donors (Lipinski definition) is 6. The molecular formula is C42H52IN7O9S.